The maximum absolute atomic E-state index is 10.3. The van der Waals surface area contributed by atoms with E-state index in [9.17, 15) is 4.79 Å². The van der Waals surface area contributed by atoms with Crippen molar-refractivity contribution in [2.75, 3.05) is 17.4 Å². The van der Waals surface area contributed by atoms with Gasteiger partial charge in [0.25, 0.3) is 0 Å². The van der Waals surface area contributed by atoms with Crippen LogP contribution in [-0.4, -0.2) is 23.3 Å². The molecule has 0 aliphatic carbocycles. The van der Waals surface area contributed by atoms with Gasteiger partial charge in [-0.05, 0) is 5.75 Å². The quantitative estimate of drug-likeness (QED) is 0.365. The second kappa shape index (κ2) is 6.29. The highest BCUT2D eigenvalue weighted by molar-refractivity contribution is 7.99. The Balaban J connectivity index is 2.83. The van der Waals surface area contributed by atoms with E-state index in [4.69, 9.17) is 0 Å². The molecule has 0 saturated heterocycles. The summed E-state index contributed by atoms with van der Waals surface area (Å²) in [6.45, 7) is 1.52. The van der Waals surface area contributed by atoms with Gasteiger partial charge < -0.3 is 5.32 Å². The van der Waals surface area contributed by atoms with Crippen LogP contribution >= 0.6 is 24.4 Å². The average molecular weight is 165 g/mol. The number of hydrogen-bond acceptors (Lipinski definition) is 3. The third-order valence-electron chi connectivity index (χ3n) is 0.659. The van der Waals surface area contributed by atoms with Gasteiger partial charge in [-0.3, -0.25) is 4.79 Å². The molecule has 0 aliphatic heterocycles. The molecular formula is C5H11NOS2. The molecule has 0 aromatic carbocycles. The molecule has 4 heteroatoms. The number of carbonyl (C=O) groups excluding carboxylic acids is 1. The van der Waals surface area contributed by atoms with Crippen molar-refractivity contribution in [3.63, 3.8) is 0 Å². The topological polar surface area (TPSA) is 29.1 Å². The van der Waals surface area contributed by atoms with Gasteiger partial charge in [0.1, 0.15) is 0 Å². The zero-order chi connectivity index (χ0) is 7.11. The zero-order valence-electron chi connectivity index (χ0n) is 5.39. The van der Waals surface area contributed by atoms with Crippen LogP contribution in [0.3, 0.4) is 0 Å². The van der Waals surface area contributed by atoms with Gasteiger partial charge >= 0.3 is 0 Å². The average Bonchev–Trinajstić information content (AvgIpc) is 1.80. The van der Waals surface area contributed by atoms with Crippen LogP contribution in [0.1, 0.15) is 6.92 Å². The standard InChI is InChI=1S/C5H11NOS2/c1-5(7)6-4-9-3-2-8/h8H,2-4H2,1H3,(H,6,7). The van der Waals surface area contributed by atoms with Crippen molar-refractivity contribution in [1.82, 2.24) is 5.32 Å². The lowest BCUT2D eigenvalue weighted by atomic mass is 10.7. The van der Waals surface area contributed by atoms with Crippen LogP contribution in [0.5, 0.6) is 0 Å². The number of thioether (sulfide) groups is 1. The van der Waals surface area contributed by atoms with E-state index in [2.05, 4.69) is 17.9 Å². The molecule has 0 fully saturated rings. The first-order chi connectivity index (χ1) is 4.27. The van der Waals surface area contributed by atoms with Gasteiger partial charge in [0.2, 0.25) is 5.91 Å². The van der Waals surface area contributed by atoms with E-state index in [0.29, 0.717) is 5.88 Å². The predicted octanol–water partition coefficient (Wildman–Crippen LogP) is 0.743. The summed E-state index contributed by atoms with van der Waals surface area (Å²) in [7, 11) is 0. The Hall–Kier alpha value is 0.170. The summed E-state index contributed by atoms with van der Waals surface area (Å²) in [6, 6.07) is 0. The summed E-state index contributed by atoms with van der Waals surface area (Å²) in [5.74, 6) is 2.59. The molecule has 0 bridgehead atoms. The third-order valence-corrected chi connectivity index (χ3v) is 2.03. The molecule has 0 aromatic heterocycles. The number of amides is 1. The molecule has 0 unspecified atom stereocenters. The molecule has 0 atom stereocenters. The smallest absolute Gasteiger partial charge is 0.217 e. The minimum Gasteiger partial charge on any atom is -0.347 e. The Morgan fingerprint density at radius 3 is 2.89 bits per heavy atom. The largest absolute Gasteiger partial charge is 0.347 e. The molecule has 0 aromatic rings. The molecule has 0 aliphatic rings. The molecule has 0 heterocycles. The van der Waals surface area contributed by atoms with Crippen LogP contribution in [-0.2, 0) is 4.79 Å². The number of hydrogen-bond donors (Lipinski definition) is 2. The summed E-state index contributed by atoms with van der Waals surface area (Å²) in [6.07, 6.45) is 0. The Morgan fingerprint density at radius 2 is 2.44 bits per heavy atom. The minimum absolute atomic E-state index is 0.0293. The van der Waals surface area contributed by atoms with E-state index in [-0.39, 0.29) is 5.91 Å². The van der Waals surface area contributed by atoms with Crippen molar-refractivity contribution >= 4 is 30.3 Å². The van der Waals surface area contributed by atoms with E-state index in [1.54, 1.807) is 11.8 Å². The monoisotopic (exact) mass is 165 g/mol. The van der Waals surface area contributed by atoms with Crippen LogP contribution in [0.2, 0.25) is 0 Å². The highest BCUT2D eigenvalue weighted by Gasteiger charge is 1.87. The van der Waals surface area contributed by atoms with Crippen molar-refractivity contribution in [2.24, 2.45) is 0 Å². The van der Waals surface area contributed by atoms with Gasteiger partial charge in [-0.25, -0.2) is 0 Å². The third kappa shape index (κ3) is 8.17. The van der Waals surface area contributed by atoms with Crippen molar-refractivity contribution in [1.29, 1.82) is 0 Å². The Labute approximate surface area is 65.2 Å². The SMILES string of the molecule is CC(=O)NCSCCS. The normalized spacial score (nSPS) is 9.11. The van der Waals surface area contributed by atoms with Gasteiger partial charge in [-0.15, -0.1) is 11.8 Å². The summed E-state index contributed by atoms with van der Waals surface area (Å²) < 4.78 is 0. The molecular weight excluding hydrogens is 154 g/mol. The number of thiol groups is 1. The molecule has 54 valence electrons. The summed E-state index contributed by atoms with van der Waals surface area (Å²) in [4.78, 5) is 10.3. The highest BCUT2D eigenvalue weighted by Crippen LogP contribution is 1.96. The number of carbonyl (C=O) groups is 1. The first-order valence-electron chi connectivity index (χ1n) is 2.70. The van der Waals surface area contributed by atoms with E-state index in [1.807, 2.05) is 0 Å². The minimum atomic E-state index is 0.0293. The fourth-order valence-electron chi connectivity index (χ4n) is 0.289. The van der Waals surface area contributed by atoms with Crippen LogP contribution in [0.25, 0.3) is 0 Å². The van der Waals surface area contributed by atoms with E-state index >= 15 is 0 Å². The van der Waals surface area contributed by atoms with Gasteiger partial charge in [0.15, 0.2) is 0 Å². The first kappa shape index (κ1) is 9.17. The van der Waals surface area contributed by atoms with Crippen molar-refractivity contribution in [3.05, 3.63) is 0 Å². The Bertz CT molecular complexity index is 87.0. The maximum atomic E-state index is 10.3. The molecule has 0 rings (SSSR count). The second-order valence-corrected chi connectivity index (χ2v) is 3.06. The first-order valence-corrected chi connectivity index (χ1v) is 4.49. The maximum Gasteiger partial charge on any atom is 0.217 e. The van der Waals surface area contributed by atoms with Gasteiger partial charge in [-0.1, -0.05) is 0 Å². The van der Waals surface area contributed by atoms with E-state index < -0.39 is 0 Å². The second-order valence-electron chi connectivity index (χ2n) is 1.51. The Kier molecular flexibility index (Phi) is 6.41. The van der Waals surface area contributed by atoms with Crippen LogP contribution in [0.15, 0.2) is 0 Å². The lowest BCUT2D eigenvalue weighted by molar-refractivity contribution is -0.118. The molecule has 1 N–H and O–H groups in total. The summed E-state index contributed by atoms with van der Waals surface area (Å²) in [5.41, 5.74) is 0. The Morgan fingerprint density at radius 1 is 1.78 bits per heavy atom. The van der Waals surface area contributed by atoms with Crippen LogP contribution in [0.4, 0.5) is 0 Å². The zero-order valence-corrected chi connectivity index (χ0v) is 7.10. The van der Waals surface area contributed by atoms with Crippen molar-refractivity contribution in [3.8, 4) is 0 Å². The van der Waals surface area contributed by atoms with E-state index in [1.165, 1.54) is 6.92 Å². The van der Waals surface area contributed by atoms with E-state index in [0.717, 1.165) is 11.5 Å². The lowest BCUT2D eigenvalue weighted by Crippen LogP contribution is -2.18. The lowest BCUT2D eigenvalue weighted by Gasteiger charge is -1.98. The number of rotatable bonds is 4. The molecule has 2 nitrogen and oxygen atoms in total. The van der Waals surface area contributed by atoms with Gasteiger partial charge in [0, 0.05) is 12.7 Å². The molecule has 0 radical (unpaired) electrons. The van der Waals surface area contributed by atoms with Crippen molar-refractivity contribution < 1.29 is 4.79 Å². The van der Waals surface area contributed by atoms with Crippen LogP contribution < -0.4 is 5.32 Å². The summed E-state index contributed by atoms with van der Waals surface area (Å²) >= 11 is 5.68. The molecule has 0 spiro atoms. The molecule has 1 amide bonds. The van der Waals surface area contributed by atoms with Gasteiger partial charge in [0.05, 0.1) is 5.88 Å². The highest BCUT2D eigenvalue weighted by atomic mass is 32.2. The van der Waals surface area contributed by atoms with Crippen LogP contribution in [0, 0.1) is 0 Å². The fourth-order valence-corrected chi connectivity index (χ4v) is 1.26. The summed E-state index contributed by atoms with van der Waals surface area (Å²) in [5, 5.41) is 2.67. The predicted molar refractivity (Wildman–Crippen MR) is 45.0 cm³/mol. The fraction of sp³-hybridized carbons (Fsp3) is 0.800. The molecule has 0 saturated carbocycles. The van der Waals surface area contributed by atoms with Gasteiger partial charge in [-0.2, -0.15) is 12.6 Å². The van der Waals surface area contributed by atoms with Crippen molar-refractivity contribution in [2.45, 2.75) is 6.92 Å². The number of nitrogens with one attached hydrogen (secondary N) is 1. The molecule has 9 heavy (non-hydrogen) atoms.